The van der Waals surface area contributed by atoms with Crippen molar-refractivity contribution >= 4 is 46.0 Å². The highest BCUT2D eigenvalue weighted by Crippen LogP contribution is 2.35. The summed E-state index contributed by atoms with van der Waals surface area (Å²) in [5.41, 5.74) is 0.983. The zero-order chi connectivity index (χ0) is 18.0. The van der Waals surface area contributed by atoms with Gasteiger partial charge in [0.25, 0.3) is 11.6 Å². The molecule has 1 aliphatic rings. The fourth-order valence-electron chi connectivity index (χ4n) is 2.31. The van der Waals surface area contributed by atoms with E-state index in [2.05, 4.69) is 0 Å². The Bertz CT molecular complexity index is 897. The summed E-state index contributed by atoms with van der Waals surface area (Å²) < 4.78 is 0.407. The second-order valence-electron chi connectivity index (χ2n) is 5.25. The number of hydrogen-bond acceptors (Lipinski definition) is 6. The van der Waals surface area contributed by atoms with Gasteiger partial charge in [0.1, 0.15) is 10.1 Å². The third-order valence-electron chi connectivity index (χ3n) is 3.57. The molecule has 1 N–H and O–H groups in total. The van der Waals surface area contributed by atoms with Crippen molar-refractivity contribution in [2.24, 2.45) is 0 Å². The first-order valence-electron chi connectivity index (χ1n) is 7.22. The summed E-state index contributed by atoms with van der Waals surface area (Å²) in [7, 11) is 0. The number of carbonyl (C=O) groups is 1. The molecular weight excluding hydrogens is 360 g/mol. The average molecular weight is 372 g/mol. The SMILES string of the molecule is O=C1/C(=C\c2cc([N+](=O)[O-])ccc2O)SC(=S)N1Cc1ccccc1. The van der Waals surface area contributed by atoms with Gasteiger partial charge < -0.3 is 5.11 Å². The summed E-state index contributed by atoms with van der Waals surface area (Å²) in [5, 5.41) is 20.8. The molecule has 8 heteroatoms. The number of phenolic OH excluding ortho intramolecular Hbond substituents is 1. The lowest BCUT2D eigenvalue weighted by molar-refractivity contribution is -0.384. The highest BCUT2D eigenvalue weighted by molar-refractivity contribution is 8.26. The molecule has 0 unspecified atom stereocenters. The number of thioether (sulfide) groups is 1. The van der Waals surface area contributed by atoms with Crippen LogP contribution >= 0.6 is 24.0 Å². The topological polar surface area (TPSA) is 83.7 Å². The fourth-order valence-corrected chi connectivity index (χ4v) is 3.56. The lowest BCUT2D eigenvalue weighted by Gasteiger charge is -2.14. The number of non-ortho nitro benzene ring substituents is 1. The van der Waals surface area contributed by atoms with Crippen LogP contribution in [0, 0.1) is 10.1 Å². The van der Waals surface area contributed by atoms with Crippen molar-refractivity contribution in [1.29, 1.82) is 0 Å². The molecule has 0 bridgehead atoms. The molecule has 0 radical (unpaired) electrons. The predicted molar refractivity (Wildman–Crippen MR) is 99.9 cm³/mol. The molecule has 25 heavy (non-hydrogen) atoms. The number of nitrogens with zero attached hydrogens (tertiary/aromatic N) is 2. The quantitative estimate of drug-likeness (QED) is 0.381. The first-order chi connectivity index (χ1) is 12.0. The number of hydrogen-bond donors (Lipinski definition) is 1. The van der Waals surface area contributed by atoms with E-state index >= 15 is 0 Å². The van der Waals surface area contributed by atoms with Crippen LogP contribution in [0.5, 0.6) is 5.75 Å². The number of nitro groups is 1. The number of rotatable bonds is 4. The van der Waals surface area contributed by atoms with Gasteiger partial charge >= 0.3 is 0 Å². The van der Waals surface area contributed by atoms with Crippen molar-refractivity contribution in [2.45, 2.75) is 6.54 Å². The first-order valence-corrected chi connectivity index (χ1v) is 8.45. The Morgan fingerprint density at radius 3 is 2.64 bits per heavy atom. The van der Waals surface area contributed by atoms with Crippen LogP contribution in [0.1, 0.15) is 11.1 Å². The van der Waals surface area contributed by atoms with Gasteiger partial charge in [0.05, 0.1) is 16.4 Å². The molecule has 1 fully saturated rings. The van der Waals surface area contributed by atoms with Gasteiger partial charge in [-0.1, -0.05) is 54.3 Å². The second-order valence-corrected chi connectivity index (χ2v) is 6.93. The summed E-state index contributed by atoms with van der Waals surface area (Å²) in [6, 6.07) is 13.1. The first kappa shape index (κ1) is 17.1. The van der Waals surface area contributed by atoms with Gasteiger partial charge in [0.2, 0.25) is 0 Å². The van der Waals surface area contributed by atoms with Gasteiger partial charge in [0, 0.05) is 17.7 Å². The maximum atomic E-state index is 12.6. The highest BCUT2D eigenvalue weighted by atomic mass is 32.2. The minimum atomic E-state index is -0.558. The number of phenols is 1. The van der Waals surface area contributed by atoms with E-state index in [1.165, 1.54) is 29.2 Å². The minimum Gasteiger partial charge on any atom is -0.507 e. The molecule has 1 amide bonds. The van der Waals surface area contributed by atoms with E-state index in [-0.39, 0.29) is 22.9 Å². The van der Waals surface area contributed by atoms with Crippen molar-refractivity contribution in [2.75, 3.05) is 0 Å². The molecule has 0 aromatic heterocycles. The van der Waals surface area contributed by atoms with Crippen LogP contribution < -0.4 is 0 Å². The van der Waals surface area contributed by atoms with Gasteiger partial charge in [-0.2, -0.15) is 0 Å². The molecule has 3 rings (SSSR count). The van der Waals surface area contributed by atoms with Crippen molar-refractivity contribution in [3.05, 3.63) is 74.7 Å². The van der Waals surface area contributed by atoms with E-state index in [9.17, 15) is 20.0 Å². The predicted octanol–water partition coefficient (Wildman–Crippen LogP) is 3.70. The molecule has 2 aromatic carbocycles. The largest absolute Gasteiger partial charge is 0.507 e. The molecule has 1 heterocycles. The molecule has 0 saturated carbocycles. The Hall–Kier alpha value is -2.71. The molecule has 1 saturated heterocycles. The van der Waals surface area contributed by atoms with Gasteiger partial charge in [-0.15, -0.1) is 0 Å². The van der Waals surface area contributed by atoms with E-state index < -0.39 is 4.92 Å². The van der Waals surface area contributed by atoms with Crippen LogP contribution in [-0.2, 0) is 11.3 Å². The number of thiocarbonyl (C=S) groups is 1. The van der Waals surface area contributed by atoms with Crippen LogP contribution in [0.15, 0.2) is 53.4 Å². The van der Waals surface area contributed by atoms with E-state index in [0.29, 0.717) is 15.8 Å². The van der Waals surface area contributed by atoms with Crippen LogP contribution in [0.3, 0.4) is 0 Å². The number of carbonyl (C=O) groups excluding carboxylic acids is 1. The third kappa shape index (κ3) is 3.70. The van der Waals surface area contributed by atoms with Crippen molar-refractivity contribution in [1.82, 2.24) is 4.90 Å². The maximum absolute atomic E-state index is 12.6. The molecule has 0 aliphatic carbocycles. The zero-order valence-corrected chi connectivity index (χ0v) is 14.4. The van der Waals surface area contributed by atoms with Crippen LogP contribution in [0.25, 0.3) is 6.08 Å². The summed E-state index contributed by atoms with van der Waals surface area (Å²) in [5.74, 6) is -0.427. The normalized spacial score (nSPS) is 15.8. The lowest BCUT2D eigenvalue weighted by Crippen LogP contribution is -2.27. The molecule has 126 valence electrons. The zero-order valence-electron chi connectivity index (χ0n) is 12.8. The van der Waals surface area contributed by atoms with Gasteiger partial charge in [0.15, 0.2) is 0 Å². The standard InChI is InChI=1S/C17H12N2O4S2/c20-14-7-6-13(19(22)23)8-12(14)9-15-16(21)18(17(24)25-15)10-11-4-2-1-3-5-11/h1-9,20H,10H2/b15-9+. The van der Waals surface area contributed by atoms with Crippen LogP contribution in [0.4, 0.5) is 5.69 Å². The molecular formula is C17H12N2O4S2. The summed E-state index contributed by atoms with van der Waals surface area (Å²) in [6.45, 7) is 0.351. The van der Waals surface area contributed by atoms with Crippen molar-refractivity contribution in [3.8, 4) is 5.75 Å². The summed E-state index contributed by atoms with van der Waals surface area (Å²) >= 11 is 6.37. The van der Waals surface area contributed by atoms with E-state index in [1.54, 1.807) is 0 Å². The number of benzene rings is 2. The maximum Gasteiger partial charge on any atom is 0.270 e. The smallest absolute Gasteiger partial charge is 0.270 e. The van der Waals surface area contributed by atoms with E-state index in [0.717, 1.165) is 17.3 Å². The van der Waals surface area contributed by atoms with Crippen LogP contribution in [-0.4, -0.2) is 25.2 Å². The molecule has 1 aliphatic heterocycles. The Labute approximate surface area is 152 Å². The van der Waals surface area contributed by atoms with Gasteiger partial charge in [-0.25, -0.2) is 0 Å². The number of amides is 1. The van der Waals surface area contributed by atoms with Gasteiger partial charge in [-0.05, 0) is 17.7 Å². The molecule has 0 atom stereocenters. The summed E-state index contributed by atoms with van der Waals surface area (Å²) in [6.07, 6.45) is 1.42. The van der Waals surface area contributed by atoms with E-state index in [1.807, 2.05) is 30.3 Å². The third-order valence-corrected chi connectivity index (χ3v) is 4.94. The molecule has 6 nitrogen and oxygen atoms in total. The minimum absolute atomic E-state index is 0.140. The van der Waals surface area contributed by atoms with Crippen LogP contribution in [0.2, 0.25) is 0 Å². The molecule has 0 spiro atoms. The van der Waals surface area contributed by atoms with E-state index in [4.69, 9.17) is 12.2 Å². The Balaban J connectivity index is 1.88. The highest BCUT2D eigenvalue weighted by Gasteiger charge is 2.32. The number of aromatic hydroxyl groups is 1. The second kappa shape index (κ2) is 7.04. The monoisotopic (exact) mass is 372 g/mol. The van der Waals surface area contributed by atoms with Gasteiger partial charge in [-0.3, -0.25) is 19.8 Å². The van der Waals surface area contributed by atoms with Crippen molar-refractivity contribution < 1.29 is 14.8 Å². The Morgan fingerprint density at radius 1 is 1.24 bits per heavy atom. The number of nitro benzene ring substituents is 1. The van der Waals surface area contributed by atoms with Crippen molar-refractivity contribution in [3.63, 3.8) is 0 Å². The molecule has 2 aromatic rings. The summed E-state index contributed by atoms with van der Waals surface area (Å²) in [4.78, 5) is 24.7. The lowest BCUT2D eigenvalue weighted by atomic mass is 10.1. The Morgan fingerprint density at radius 2 is 1.96 bits per heavy atom. The Kier molecular flexibility index (Phi) is 4.82. The fraction of sp³-hybridized carbons (Fsp3) is 0.0588. The average Bonchev–Trinajstić information content (AvgIpc) is 2.85.